The molecule has 0 aliphatic carbocycles. The number of hydrogen-bond acceptors (Lipinski definition) is 4. The van der Waals surface area contributed by atoms with Gasteiger partial charge in [-0.2, -0.15) is 0 Å². The maximum absolute atomic E-state index is 13.0. The Morgan fingerprint density at radius 2 is 1.53 bits per heavy atom. The summed E-state index contributed by atoms with van der Waals surface area (Å²) in [6.45, 7) is 1.38. The summed E-state index contributed by atoms with van der Waals surface area (Å²) in [5, 5.41) is 9.91. The molecule has 0 heterocycles. The lowest BCUT2D eigenvalue weighted by Gasteiger charge is -2.21. The molecule has 0 fully saturated rings. The molecule has 0 aliphatic rings. The first-order valence-corrected chi connectivity index (χ1v) is 10.3. The fraction of sp³-hybridized carbons (Fsp3) is 0.200. The van der Waals surface area contributed by atoms with Gasteiger partial charge in [0.2, 0.25) is 11.8 Å². The van der Waals surface area contributed by atoms with Gasteiger partial charge in [-0.15, -0.1) is 0 Å². The van der Waals surface area contributed by atoms with Gasteiger partial charge in [0, 0.05) is 12.0 Å². The summed E-state index contributed by atoms with van der Waals surface area (Å²) in [6.07, 6.45) is 0.812. The van der Waals surface area contributed by atoms with E-state index >= 15 is 0 Å². The number of rotatable bonds is 9. The molecule has 3 N–H and O–H groups in total. The third-order valence-electron chi connectivity index (χ3n) is 5.02. The maximum atomic E-state index is 13.0. The molecule has 0 bridgehead atoms. The predicted molar refractivity (Wildman–Crippen MR) is 122 cm³/mol. The van der Waals surface area contributed by atoms with Crippen LogP contribution in [0.3, 0.4) is 0 Å². The first kappa shape index (κ1) is 22.7. The van der Waals surface area contributed by atoms with Crippen LogP contribution in [0.25, 0.3) is 10.8 Å². The third kappa shape index (κ3) is 6.01. The van der Waals surface area contributed by atoms with E-state index in [1.807, 2.05) is 42.5 Å². The molecule has 164 valence electrons. The van der Waals surface area contributed by atoms with Crippen molar-refractivity contribution in [2.75, 3.05) is 6.54 Å². The molecule has 3 rings (SSSR count). The Kier molecular flexibility index (Phi) is 7.70. The highest BCUT2D eigenvalue weighted by Gasteiger charge is 2.25. The van der Waals surface area contributed by atoms with Crippen molar-refractivity contribution in [2.45, 2.75) is 25.4 Å². The quantitative estimate of drug-likeness (QED) is 0.451. The van der Waals surface area contributed by atoms with Crippen LogP contribution in [-0.4, -0.2) is 42.6 Å². The van der Waals surface area contributed by atoms with Gasteiger partial charge < -0.3 is 20.7 Å². The van der Waals surface area contributed by atoms with Gasteiger partial charge in [0.1, 0.15) is 18.4 Å². The summed E-state index contributed by atoms with van der Waals surface area (Å²) in [5.74, 6) is -1.36. The summed E-state index contributed by atoms with van der Waals surface area (Å²) >= 11 is 0. The largest absolute Gasteiger partial charge is 0.348 e. The Morgan fingerprint density at radius 3 is 2.25 bits per heavy atom. The minimum atomic E-state index is -0.898. The van der Waals surface area contributed by atoms with Crippen molar-refractivity contribution in [3.63, 3.8) is 0 Å². The van der Waals surface area contributed by atoms with Crippen molar-refractivity contribution in [1.82, 2.24) is 16.0 Å². The minimum absolute atomic E-state index is 0.135. The summed E-state index contributed by atoms with van der Waals surface area (Å²) in [7, 11) is 0. The van der Waals surface area contributed by atoms with E-state index in [1.165, 1.54) is 6.92 Å². The fourth-order valence-corrected chi connectivity index (χ4v) is 3.32. The van der Waals surface area contributed by atoms with Crippen molar-refractivity contribution < 1.29 is 19.2 Å². The Morgan fingerprint density at radius 1 is 0.844 bits per heavy atom. The van der Waals surface area contributed by atoms with Crippen LogP contribution in [0.4, 0.5) is 0 Å². The van der Waals surface area contributed by atoms with Crippen LogP contribution in [0.15, 0.2) is 72.8 Å². The molecule has 7 heteroatoms. The van der Waals surface area contributed by atoms with E-state index in [2.05, 4.69) is 16.0 Å². The molecule has 3 aromatic carbocycles. The standard InChI is InChI=1S/C25H25N3O4/c1-17(23(30)26-13-14-29)27-25(32)22(28-24(31)20-8-3-2-4-9-20)16-18-11-12-19-7-5-6-10-21(19)15-18/h2-12,14-15,17,22H,13,16H2,1H3,(H,26,30)(H,27,32)(H,28,31)/t17-,22-/m0/s1. The average molecular weight is 431 g/mol. The number of nitrogens with one attached hydrogen (secondary N) is 3. The number of carbonyl (C=O) groups excluding carboxylic acids is 4. The molecular weight excluding hydrogens is 406 g/mol. The molecule has 3 amide bonds. The highest BCUT2D eigenvalue weighted by atomic mass is 16.2. The SMILES string of the molecule is C[C@H](NC(=O)[C@H](Cc1ccc2ccccc2c1)NC(=O)c1ccccc1)C(=O)NCC=O. The summed E-state index contributed by atoms with van der Waals surface area (Å²) in [4.78, 5) is 48.2. The van der Waals surface area contributed by atoms with Gasteiger partial charge in [0.25, 0.3) is 5.91 Å². The van der Waals surface area contributed by atoms with Crippen LogP contribution < -0.4 is 16.0 Å². The zero-order valence-electron chi connectivity index (χ0n) is 17.7. The Labute approximate surface area is 186 Å². The predicted octanol–water partition coefficient (Wildman–Crippen LogP) is 2.00. The highest BCUT2D eigenvalue weighted by Crippen LogP contribution is 2.17. The van der Waals surface area contributed by atoms with E-state index in [9.17, 15) is 19.2 Å². The van der Waals surface area contributed by atoms with Gasteiger partial charge in [0.15, 0.2) is 0 Å². The normalized spacial score (nSPS) is 12.4. The number of aldehydes is 1. The van der Waals surface area contributed by atoms with Crippen LogP contribution >= 0.6 is 0 Å². The molecule has 0 saturated heterocycles. The van der Waals surface area contributed by atoms with Crippen molar-refractivity contribution in [1.29, 1.82) is 0 Å². The van der Waals surface area contributed by atoms with E-state index in [4.69, 9.17) is 0 Å². The molecule has 7 nitrogen and oxygen atoms in total. The lowest BCUT2D eigenvalue weighted by Crippen LogP contribution is -2.53. The fourth-order valence-electron chi connectivity index (χ4n) is 3.32. The number of amides is 3. The van der Waals surface area contributed by atoms with Crippen LogP contribution in [0.2, 0.25) is 0 Å². The number of carbonyl (C=O) groups is 4. The Bertz CT molecular complexity index is 1110. The topological polar surface area (TPSA) is 104 Å². The van der Waals surface area contributed by atoms with E-state index in [0.717, 1.165) is 16.3 Å². The number of benzene rings is 3. The zero-order chi connectivity index (χ0) is 22.9. The van der Waals surface area contributed by atoms with Crippen molar-refractivity contribution >= 4 is 34.8 Å². The maximum Gasteiger partial charge on any atom is 0.251 e. The van der Waals surface area contributed by atoms with Crippen LogP contribution in [0.1, 0.15) is 22.8 Å². The molecule has 0 saturated carbocycles. The van der Waals surface area contributed by atoms with E-state index < -0.39 is 23.9 Å². The Balaban J connectivity index is 1.79. The number of fused-ring (bicyclic) bond motifs is 1. The van der Waals surface area contributed by atoms with Gasteiger partial charge in [-0.05, 0) is 35.4 Å². The molecule has 0 aliphatic heterocycles. The highest BCUT2D eigenvalue weighted by molar-refractivity contribution is 5.98. The van der Waals surface area contributed by atoms with Crippen molar-refractivity contribution in [2.24, 2.45) is 0 Å². The zero-order valence-corrected chi connectivity index (χ0v) is 17.7. The lowest BCUT2D eigenvalue weighted by atomic mass is 10.0. The van der Waals surface area contributed by atoms with Crippen LogP contribution in [0, 0.1) is 0 Å². The minimum Gasteiger partial charge on any atom is -0.348 e. The van der Waals surface area contributed by atoms with Gasteiger partial charge in [-0.25, -0.2) is 0 Å². The molecule has 0 aromatic heterocycles. The first-order chi connectivity index (χ1) is 15.5. The van der Waals surface area contributed by atoms with E-state index in [-0.39, 0.29) is 18.9 Å². The van der Waals surface area contributed by atoms with E-state index in [1.54, 1.807) is 30.3 Å². The summed E-state index contributed by atoms with van der Waals surface area (Å²) in [5.41, 5.74) is 1.30. The monoisotopic (exact) mass is 431 g/mol. The molecule has 0 spiro atoms. The van der Waals surface area contributed by atoms with Crippen LogP contribution in [0.5, 0.6) is 0 Å². The first-order valence-electron chi connectivity index (χ1n) is 10.3. The molecular formula is C25H25N3O4. The molecule has 3 aromatic rings. The molecule has 2 atom stereocenters. The average Bonchev–Trinajstić information content (AvgIpc) is 2.82. The Hall–Kier alpha value is -4.00. The lowest BCUT2D eigenvalue weighted by molar-refractivity contribution is -0.129. The van der Waals surface area contributed by atoms with Gasteiger partial charge in [-0.3, -0.25) is 14.4 Å². The summed E-state index contributed by atoms with van der Waals surface area (Å²) < 4.78 is 0. The number of hydrogen-bond donors (Lipinski definition) is 3. The second kappa shape index (κ2) is 10.9. The van der Waals surface area contributed by atoms with Crippen molar-refractivity contribution in [3.05, 3.63) is 83.9 Å². The molecule has 0 unspecified atom stereocenters. The van der Waals surface area contributed by atoms with E-state index in [0.29, 0.717) is 11.8 Å². The van der Waals surface area contributed by atoms with Crippen molar-refractivity contribution in [3.8, 4) is 0 Å². The molecule has 0 radical (unpaired) electrons. The van der Waals surface area contributed by atoms with Gasteiger partial charge in [-0.1, -0.05) is 60.7 Å². The van der Waals surface area contributed by atoms with Gasteiger partial charge in [0.05, 0.1) is 6.54 Å². The smallest absolute Gasteiger partial charge is 0.251 e. The van der Waals surface area contributed by atoms with Crippen LogP contribution in [-0.2, 0) is 20.8 Å². The second-order valence-electron chi connectivity index (χ2n) is 7.42. The third-order valence-corrected chi connectivity index (χ3v) is 5.02. The van der Waals surface area contributed by atoms with Gasteiger partial charge >= 0.3 is 0 Å². The second-order valence-corrected chi connectivity index (χ2v) is 7.42. The summed E-state index contributed by atoms with van der Waals surface area (Å²) in [6, 6.07) is 20.6. The molecule has 32 heavy (non-hydrogen) atoms.